The first-order chi connectivity index (χ1) is 5.99. The summed E-state index contributed by atoms with van der Waals surface area (Å²) in [6.45, 7) is 8.89. The highest BCUT2D eigenvalue weighted by Crippen LogP contribution is 2.59. The smallest absolute Gasteiger partial charge is 0.125 e. The van der Waals surface area contributed by atoms with Crippen molar-refractivity contribution in [1.29, 1.82) is 0 Å². The molecule has 13 heavy (non-hydrogen) atoms. The minimum Gasteiger partial charge on any atom is -0.363 e. The molecule has 1 fully saturated rings. The van der Waals surface area contributed by atoms with E-state index in [4.69, 9.17) is 4.74 Å². The van der Waals surface area contributed by atoms with Gasteiger partial charge in [-0.2, -0.15) is 0 Å². The first kappa shape index (κ1) is 11.0. The molecule has 0 aromatic carbocycles. The quantitative estimate of drug-likeness (QED) is 0.665. The lowest BCUT2D eigenvalue weighted by Gasteiger charge is -2.25. The first-order valence-electron chi connectivity index (χ1n) is 5.32. The molecule has 2 nitrogen and oxygen atoms in total. The van der Waals surface area contributed by atoms with Crippen LogP contribution in [0, 0.1) is 5.41 Å². The van der Waals surface area contributed by atoms with E-state index in [1.165, 1.54) is 12.8 Å². The fourth-order valence-electron chi connectivity index (χ4n) is 2.42. The summed E-state index contributed by atoms with van der Waals surface area (Å²) in [7, 11) is 1.82. The molecule has 0 aliphatic heterocycles. The van der Waals surface area contributed by atoms with Gasteiger partial charge >= 0.3 is 0 Å². The topological polar surface area (TPSA) is 21.3 Å². The van der Waals surface area contributed by atoms with Crippen molar-refractivity contribution in [3.8, 4) is 0 Å². The Hall–Kier alpha value is -0.0800. The highest BCUT2D eigenvalue weighted by Gasteiger charge is 2.64. The number of hydrogen-bond acceptors (Lipinski definition) is 2. The zero-order chi connectivity index (χ0) is 10.1. The Kier molecular flexibility index (Phi) is 3.03. The molecule has 1 N–H and O–H groups in total. The first-order valence-corrected chi connectivity index (χ1v) is 5.32. The Labute approximate surface area is 82.0 Å². The number of ether oxygens (including phenoxy) is 1. The maximum absolute atomic E-state index is 5.62. The van der Waals surface area contributed by atoms with Crippen molar-refractivity contribution >= 4 is 0 Å². The summed E-state index contributed by atoms with van der Waals surface area (Å²) in [5, 5.41) is 3.53. The van der Waals surface area contributed by atoms with E-state index in [1.54, 1.807) is 0 Å². The van der Waals surface area contributed by atoms with E-state index < -0.39 is 0 Å². The number of methoxy groups -OCH3 is 1. The van der Waals surface area contributed by atoms with Crippen LogP contribution >= 0.6 is 0 Å². The fraction of sp³-hybridized carbons (Fsp3) is 1.00. The van der Waals surface area contributed by atoms with Crippen molar-refractivity contribution in [3.05, 3.63) is 0 Å². The molecule has 1 aliphatic carbocycles. The Balaban J connectivity index is 2.56. The van der Waals surface area contributed by atoms with Crippen LogP contribution in [0.4, 0.5) is 0 Å². The average Bonchev–Trinajstić information content (AvgIpc) is 2.56. The van der Waals surface area contributed by atoms with Gasteiger partial charge < -0.3 is 4.74 Å². The Morgan fingerprint density at radius 2 is 2.08 bits per heavy atom. The SMILES string of the molecule is CCCC1(C)CC1(NC(C)C)OC. The summed E-state index contributed by atoms with van der Waals surface area (Å²) in [6.07, 6.45) is 3.64. The van der Waals surface area contributed by atoms with Crippen molar-refractivity contribution in [2.75, 3.05) is 7.11 Å². The van der Waals surface area contributed by atoms with Gasteiger partial charge in [0.2, 0.25) is 0 Å². The molecule has 1 saturated carbocycles. The molecular formula is C11H23NO. The lowest BCUT2D eigenvalue weighted by molar-refractivity contribution is 0.00725. The van der Waals surface area contributed by atoms with Crippen molar-refractivity contribution in [2.24, 2.45) is 5.41 Å². The van der Waals surface area contributed by atoms with Gasteiger partial charge in [-0.05, 0) is 26.7 Å². The lowest BCUT2D eigenvalue weighted by atomic mass is 10.0. The predicted octanol–water partition coefficient (Wildman–Crippen LogP) is 2.54. The van der Waals surface area contributed by atoms with Crippen molar-refractivity contribution in [1.82, 2.24) is 5.32 Å². The van der Waals surface area contributed by atoms with Gasteiger partial charge in [0.05, 0.1) is 0 Å². The molecule has 1 rings (SSSR count). The van der Waals surface area contributed by atoms with Gasteiger partial charge in [0.25, 0.3) is 0 Å². The molecule has 2 heteroatoms. The van der Waals surface area contributed by atoms with Crippen LogP contribution in [0.2, 0.25) is 0 Å². The minimum absolute atomic E-state index is 0.0306. The van der Waals surface area contributed by atoms with Crippen LogP contribution in [0.5, 0.6) is 0 Å². The normalized spacial score (nSPS) is 38.3. The van der Waals surface area contributed by atoms with Crippen LogP contribution in [0.25, 0.3) is 0 Å². The molecular weight excluding hydrogens is 162 g/mol. The molecule has 78 valence electrons. The average molecular weight is 185 g/mol. The second-order valence-electron chi connectivity index (χ2n) is 4.82. The van der Waals surface area contributed by atoms with E-state index in [0.717, 1.165) is 6.42 Å². The van der Waals surface area contributed by atoms with E-state index in [9.17, 15) is 0 Å². The van der Waals surface area contributed by atoms with Gasteiger partial charge in [0, 0.05) is 18.6 Å². The van der Waals surface area contributed by atoms with Crippen molar-refractivity contribution in [3.63, 3.8) is 0 Å². The second kappa shape index (κ2) is 3.58. The number of rotatable bonds is 5. The molecule has 0 bridgehead atoms. The summed E-state index contributed by atoms with van der Waals surface area (Å²) < 4.78 is 5.62. The Bertz CT molecular complexity index is 181. The van der Waals surface area contributed by atoms with Gasteiger partial charge in [0.15, 0.2) is 0 Å². The van der Waals surface area contributed by atoms with Gasteiger partial charge in [-0.1, -0.05) is 20.3 Å². The van der Waals surface area contributed by atoms with E-state index >= 15 is 0 Å². The summed E-state index contributed by atoms with van der Waals surface area (Å²) >= 11 is 0. The second-order valence-corrected chi connectivity index (χ2v) is 4.82. The van der Waals surface area contributed by atoms with Crippen LogP contribution in [-0.2, 0) is 4.74 Å². The fourth-order valence-corrected chi connectivity index (χ4v) is 2.42. The molecule has 2 unspecified atom stereocenters. The minimum atomic E-state index is -0.0306. The molecule has 0 heterocycles. The molecule has 0 aromatic heterocycles. The van der Waals surface area contributed by atoms with E-state index in [-0.39, 0.29) is 5.72 Å². The van der Waals surface area contributed by atoms with Gasteiger partial charge in [0.1, 0.15) is 5.72 Å². The standard InChI is InChI=1S/C11H23NO/c1-6-7-10(4)8-11(10,13-5)12-9(2)3/h9,12H,6-8H2,1-5H3. The van der Waals surface area contributed by atoms with E-state index in [2.05, 4.69) is 33.0 Å². The third kappa shape index (κ3) is 1.89. The predicted molar refractivity (Wildman–Crippen MR) is 55.6 cm³/mol. The molecule has 0 radical (unpaired) electrons. The summed E-state index contributed by atoms with van der Waals surface area (Å²) in [5.41, 5.74) is 0.331. The third-order valence-electron chi connectivity index (χ3n) is 3.16. The molecule has 0 spiro atoms. The zero-order valence-corrected chi connectivity index (χ0v) is 9.61. The van der Waals surface area contributed by atoms with Crippen LogP contribution in [-0.4, -0.2) is 18.9 Å². The van der Waals surface area contributed by atoms with Crippen LogP contribution in [0.1, 0.15) is 47.0 Å². The van der Waals surface area contributed by atoms with Gasteiger partial charge in [-0.25, -0.2) is 0 Å². The maximum Gasteiger partial charge on any atom is 0.125 e. The highest BCUT2D eigenvalue weighted by atomic mass is 16.5. The highest BCUT2D eigenvalue weighted by molar-refractivity contribution is 5.13. The van der Waals surface area contributed by atoms with Crippen molar-refractivity contribution < 1.29 is 4.74 Å². The number of nitrogens with one attached hydrogen (secondary N) is 1. The molecule has 2 atom stereocenters. The van der Waals surface area contributed by atoms with Crippen molar-refractivity contribution in [2.45, 2.75) is 58.7 Å². The van der Waals surface area contributed by atoms with E-state index in [0.29, 0.717) is 11.5 Å². The summed E-state index contributed by atoms with van der Waals surface area (Å²) in [6, 6.07) is 0.499. The summed E-state index contributed by atoms with van der Waals surface area (Å²) in [4.78, 5) is 0. The molecule has 0 aromatic rings. The number of hydrogen-bond donors (Lipinski definition) is 1. The maximum atomic E-state index is 5.62. The zero-order valence-electron chi connectivity index (χ0n) is 9.61. The molecule has 0 amide bonds. The lowest BCUT2D eigenvalue weighted by Crippen LogP contribution is -2.42. The van der Waals surface area contributed by atoms with Crippen LogP contribution in [0.3, 0.4) is 0 Å². The van der Waals surface area contributed by atoms with Crippen LogP contribution in [0.15, 0.2) is 0 Å². The van der Waals surface area contributed by atoms with Gasteiger partial charge in [-0.15, -0.1) is 0 Å². The molecule has 0 saturated heterocycles. The third-order valence-corrected chi connectivity index (χ3v) is 3.16. The summed E-state index contributed by atoms with van der Waals surface area (Å²) in [5.74, 6) is 0. The van der Waals surface area contributed by atoms with E-state index in [1.807, 2.05) is 7.11 Å². The monoisotopic (exact) mass is 185 g/mol. The Morgan fingerprint density at radius 3 is 2.46 bits per heavy atom. The molecule has 1 aliphatic rings. The van der Waals surface area contributed by atoms with Crippen LogP contribution < -0.4 is 5.32 Å². The largest absolute Gasteiger partial charge is 0.363 e. The van der Waals surface area contributed by atoms with Gasteiger partial charge in [-0.3, -0.25) is 5.32 Å². The Morgan fingerprint density at radius 1 is 1.46 bits per heavy atom.